The maximum atomic E-state index is 13.7. The third-order valence-electron chi connectivity index (χ3n) is 7.45. The molecule has 0 spiro atoms. The SMILES string of the molecule is O=C(OCc1ccccc1)C1(C(=O)OCc2ccccc2)Cc2cc(=O)n(-c3cccc4ccccc34)cc2C1. The van der Waals surface area contributed by atoms with Crippen LogP contribution in [-0.2, 0) is 45.1 Å². The Hall–Kier alpha value is -4.97. The molecule has 0 unspecified atom stereocenters. The molecule has 6 nitrogen and oxygen atoms in total. The molecule has 0 N–H and O–H groups in total. The summed E-state index contributed by atoms with van der Waals surface area (Å²) in [6.45, 7) is 0.0685. The number of carbonyl (C=O) groups is 2. The average molecular weight is 530 g/mol. The van der Waals surface area contributed by atoms with Crippen LogP contribution in [0.3, 0.4) is 0 Å². The molecule has 0 saturated heterocycles. The minimum Gasteiger partial charge on any atom is -0.460 e. The molecule has 6 heteroatoms. The zero-order valence-electron chi connectivity index (χ0n) is 21.8. The molecule has 0 atom stereocenters. The van der Waals surface area contributed by atoms with Gasteiger partial charge in [-0.25, -0.2) is 0 Å². The molecule has 1 aromatic heterocycles. The Balaban J connectivity index is 1.34. The van der Waals surface area contributed by atoms with E-state index in [1.54, 1.807) is 10.8 Å². The maximum absolute atomic E-state index is 13.7. The molecule has 0 radical (unpaired) electrons. The molecule has 0 amide bonds. The van der Waals surface area contributed by atoms with E-state index in [2.05, 4.69) is 0 Å². The summed E-state index contributed by atoms with van der Waals surface area (Å²) < 4.78 is 13.0. The highest BCUT2D eigenvalue weighted by Crippen LogP contribution is 2.40. The van der Waals surface area contributed by atoms with Gasteiger partial charge in [-0.05, 0) is 33.7 Å². The molecular weight excluding hydrogens is 502 g/mol. The molecule has 4 aromatic carbocycles. The Bertz CT molecular complexity index is 1700. The highest BCUT2D eigenvalue weighted by atomic mass is 16.6. The standard InChI is InChI=1S/C34H27NO5/c36-31-18-27-19-34(32(37)39-22-24-10-3-1-4-11-24,33(38)40-23-25-12-5-2-6-13-25)20-28(27)21-35(31)30-17-9-15-26-14-7-8-16-29(26)30/h1-18,21H,19-20,22-23H2. The highest BCUT2D eigenvalue weighted by molar-refractivity contribution is 6.01. The number of rotatable bonds is 7. The lowest BCUT2D eigenvalue weighted by Crippen LogP contribution is -2.42. The molecule has 1 aliphatic rings. The third kappa shape index (κ3) is 4.80. The average Bonchev–Trinajstić information content (AvgIpc) is 3.38. The van der Waals surface area contributed by atoms with Crippen LogP contribution >= 0.6 is 0 Å². The van der Waals surface area contributed by atoms with Gasteiger partial charge in [0.05, 0.1) is 5.69 Å². The van der Waals surface area contributed by atoms with E-state index in [0.29, 0.717) is 5.56 Å². The summed E-state index contributed by atoms with van der Waals surface area (Å²) in [5, 5.41) is 1.94. The Morgan fingerprint density at radius 3 is 1.88 bits per heavy atom. The molecule has 40 heavy (non-hydrogen) atoms. The molecule has 0 bridgehead atoms. The summed E-state index contributed by atoms with van der Waals surface area (Å²) in [5.74, 6) is -1.32. The van der Waals surface area contributed by atoms with E-state index in [9.17, 15) is 14.4 Å². The van der Waals surface area contributed by atoms with Crippen LogP contribution in [0.5, 0.6) is 0 Å². The predicted octanol–water partition coefficient (Wildman–Crippen LogP) is 5.56. The van der Waals surface area contributed by atoms with Crippen molar-refractivity contribution < 1.29 is 19.1 Å². The molecule has 1 heterocycles. The number of pyridine rings is 1. The molecule has 6 rings (SSSR count). The van der Waals surface area contributed by atoms with Gasteiger partial charge in [0.15, 0.2) is 5.41 Å². The van der Waals surface area contributed by atoms with Gasteiger partial charge in [-0.1, -0.05) is 97.1 Å². The van der Waals surface area contributed by atoms with Gasteiger partial charge in [0.1, 0.15) is 13.2 Å². The van der Waals surface area contributed by atoms with E-state index < -0.39 is 17.4 Å². The lowest BCUT2D eigenvalue weighted by Gasteiger charge is -2.24. The number of esters is 2. The second kappa shape index (κ2) is 10.7. The van der Waals surface area contributed by atoms with Gasteiger partial charge in [0.25, 0.3) is 5.56 Å². The summed E-state index contributed by atoms with van der Waals surface area (Å²) >= 11 is 0. The zero-order valence-corrected chi connectivity index (χ0v) is 21.8. The number of hydrogen-bond donors (Lipinski definition) is 0. The first-order valence-corrected chi connectivity index (χ1v) is 13.2. The minimum atomic E-state index is -1.59. The van der Waals surface area contributed by atoms with Crippen molar-refractivity contribution in [1.82, 2.24) is 4.57 Å². The molecule has 0 aliphatic heterocycles. The van der Waals surface area contributed by atoms with E-state index in [0.717, 1.165) is 33.2 Å². The smallest absolute Gasteiger partial charge is 0.324 e. The summed E-state index contributed by atoms with van der Waals surface area (Å²) in [6.07, 6.45) is 1.86. The van der Waals surface area contributed by atoms with Crippen molar-refractivity contribution >= 4 is 22.7 Å². The second-order valence-corrected chi connectivity index (χ2v) is 10.1. The number of aromatic nitrogens is 1. The van der Waals surface area contributed by atoms with Gasteiger partial charge < -0.3 is 9.47 Å². The van der Waals surface area contributed by atoms with E-state index >= 15 is 0 Å². The van der Waals surface area contributed by atoms with E-state index in [-0.39, 0.29) is 31.6 Å². The van der Waals surface area contributed by atoms with Crippen LogP contribution in [0.4, 0.5) is 0 Å². The Kier molecular flexibility index (Phi) is 6.74. The molecule has 0 saturated carbocycles. The quantitative estimate of drug-likeness (QED) is 0.204. The lowest BCUT2D eigenvalue weighted by atomic mass is 9.84. The second-order valence-electron chi connectivity index (χ2n) is 10.1. The van der Waals surface area contributed by atoms with Crippen LogP contribution in [0.1, 0.15) is 22.3 Å². The Morgan fingerprint density at radius 1 is 0.675 bits per heavy atom. The highest BCUT2D eigenvalue weighted by Gasteiger charge is 2.53. The Morgan fingerprint density at radius 2 is 1.23 bits per heavy atom. The van der Waals surface area contributed by atoms with Crippen molar-refractivity contribution in [2.24, 2.45) is 5.41 Å². The normalized spacial score (nSPS) is 13.5. The van der Waals surface area contributed by atoms with Crippen LogP contribution < -0.4 is 5.56 Å². The predicted molar refractivity (Wildman–Crippen MR) is 152 cm³/mol. The van der Waals surface area contributed by atoms with Crippen molar-refractivity contribution in [2.45, 2.75) is 26.1 Å². The Labute approximate surface area is 231 Å². The third-order valence-corrected chi connectivity index (χ3v) is 7.45. The largest absolute Gasteiger partial charge is 0.460 e. The van der Waals surface area contributed by atoms with Gasteiger partial charge >= 0.3 is 11.9 Å². The van der Waals surface area contributed by atoms with Crippen LogP contribution in [0.15, 0.2) is 120 Å². The van der Waals surface area contributed by atoms with Gasteiger partial charge in [-0.2, -0.15) is 0 Å². The van der Waals surface area contributed by atoms with Gasteiger partial charge in [-0.3, -0.25) is 19.0 Å². The van der Waals surface area contributed by atoms with Gasteiger partial charge in [0, 0.05) is 30.5 Å². The number of nitrogens with zero attached hydrogens (tertiary/aromatic N) is 1. The van der Waals surface area contributed by atoms with E-state index in [1.165, 1.54) is 6.07 Å². The van der Waals surface area contributed by atoms with Crippen LogP contribution in [0.25, 0.3) is 16.5 Å². The van der Waals surface area contributed by atoms with Gasteiger partial charge in [0.2, 0.25) is 0 Å². The number of hydrogen-bond acceptors (Lipinski definition) is 5. The first-order valence-electron chi connectivity index (χ1n) is 13.2. The number of ether oxygens (including phenoxy) is 2. The summed E-state index contributed by atoms with van der Waals surface area (Å²) in [4.78, 5) is 40.7. The van der Waals surface area contributed by atoms with Crippen LogP contribution in [0.2, 0.25) is 0 Å². The topological polar surface area (TPSA) is 74.6 Å². The molecule has 5 aromatic rings. The number of fused-ring (bicyclic) bond motifs is 2. The summed E-state index contributed by atoms with van der Waals surface area (Å²) in [5.41, 5.74) is 1.93. The fourth-order valence-electron chi connectivity index (χ4n) is 5.35. The van der Waals surface area contributed by atoms with Crippen molar-refractivity contribution in [3.8, 4) is 5.69 Å². The first kappa shape index (κ1) is 25.3. The fourth-order valence-corrected chi connectivity index (χ4v) is 5.35. The monoisotopic (exact) mass is 529 g/mol. The first-order chi connectivity index (χ1) is 19.5. The molecule has 1 aliphatic carbocycles. The molecule has 198 valence electrons. The van der Waals surface area contributed by atoms with Crippen molar-refractivity contribution in [3.63, 3.8) is 0 Å². The van der Waals surface area contributed by atoms with E-state index in [1.807, 2.05) is 103 Å². The summed E-state index contributed by atoms with van der Waals surface area (Å²) in [6, 6.07) is 33.8. The van der Waals surface area contributed by atoms with Gasteiger partial charge in [-0.15, -0.1) is 0 Å². The number of carbonyl (C=O) groups excluding carboxylic acids is 2. The molecule has 0 fully saturated rings. The van der Waals surface area contributed by atoms with Crippen molar-refractivity contribution in [2.75, 3.05) is 0 Å². The minimum absolute atomic E-state index is 0.0343. The van der Waals surface area contributed by atoms with Crippen molar-refractivity contribution in [1.29, 1.82) is 0 Å². The fraction of sp³-hybridized carbons (Fsp3) is 0.147. The van der Waals surface area contributed by atoms with Crippen LogP contribution in [-0.4, -0.2) is 16.5 Å². The van der Waals surface area contributed by atoms with E-state index in [4.69, 9.17) is 9.47 Å². The summed E-state index contributed by atoms with van der Waals surface area (Å²) in [7, 11) is 0. The molecular formula is C34H27NO5. The lowest BCUT2D eigenvalue weighted by molar-refractivity contribution is -0.173. The maximum Gasteiger partial charge on any atom is 0.324 e. The van der Waals surface area contributed by atoms with Crippen LogP contribution in [0, 0.1) is 5.41 Å². The zero-order chi connectivity index (χ0) is 27.5. The number of benzene rings is 4. The van der Waals surface area contributed by atoms with Crippen molar-refractivity contribution in [3.05, 3.63) is 148 Å².